The van der Waals surface area contributed by atoms with Gasteiger partial charge in [-0.25, -0.2) is 4.98 Å². The van der Waals surface area contributed by atoms with E-state index in [-0.39, 0.29) is 5.69 Å². The maximum absolute atomic E-state index is 11.2. The number of para-hydroxylation sites is 2. The molecule has 0 radical (unpaired) electrons. The molecule has 0 aliphatic carbocycles. The van der Waals surface area contributed by atoms with Crippen molar-refractivity contribution in [2.24, 2.45) is 0 Å². The van der Waals surface area contributed by atoms with Gasteiger partial charge in [-0.3, -0.25) is 10.1 Å². The molecule has 1 heterocycles. The molecule has 0 amide bonds. The molecule has 0 fully saturated rings. The minimum atomic E-state index is -0.431. The molecule has 23 heavy (non-hydrogen) atoms. The maximum atomic E-state index is 11.2. The van der Waals surface area contributed by atoms with Gasteiger partial charge in [0.15, 0.2) is 0 Å². The van der Waals surface area contributed by atoms with Crippen LogP contribution in [0.25, 0.3) is 10.9 Å². The van der Waals surface area contributed by atoms with Gasteiger partial charge in [0.2, 0.25) is 0 Å². The first kappa shape index (κ1) is 14.8. The lowest BCUT2D eigenvalue weighted by molar-refractivity contribution is -0.384. The van der Waals surface area contributed by atoms with Crippen LogP contribution in [-0.2, 0) is 0 Å². The van der Waals surface area contributed by atoms with Crippen LogP contribution in [0.1, 0.15) is 0 Å². The number of nitro groups is 1. The lowest BCUT2D eigenvalue weighted by Crippen LogP contribution is -2.13. The van der Waals surface area contributed by atoms with Gasteiger partial charge in [-0.2, -0.15) is 0 Å². The third-order valence-corrected chi connectivity index (χ3v) is 3.37. The van der Waals surface area contributed by atoms with Crippen LogP contribution in [0.3, 0.4) is 0 Å². The van der Waals surface area contributed by atoms with E-state index in [1.165, 1.54) is 6.20 Å². The fourth-order valence-electron chi connectivity index (χ4n) is 2.32. The number of nitrogens with zero attached hydrogens (tertiary/aromatic N) is 2. The molecule has 0 spiro atoms. The summed E-state index contributed by atoms with van der Waals surface area (Å²) in [6.45, 7) is 0.849. The fourth-order valence-corrected chi connectivity index (χ4v) is 2.32. The predicted octanol–water partition coefficient (Wildman–Crippen LogP) is 3.63. The minimum Gasteiger partial charge on any atom is -0.492 e. The smallest absolute Gasteiger partial charge is 0.311 e. The Labute approximate surface area is 132 Å². The highest BCUT2D eigenvalue weighted by atomic mass is 16.6. The van der Waals surface area contributed by atoms with Gasteiger partial charge < -0.3 is 10.1 Å². The van der Waals surface area contributed by atoms with Crippen LogP contribution in [0.5, 0.6) is 5.75 Å². The molecular formula is C17H15N3O3. The molecule has 116 valence electrons. The van der Waals surface area contributed by atoms with Crippen molar-refractivity contribution in [2.75, 3.05) is 18.5 Å². The van der Waals surface area contributed by atoms with Gasteiger partial charge in [0.25, 0.3) is 0 Å². The average molecular weight is 309 g/mol. The number of aromatic nitrogens is 1. The van der Waals surface area contributed by atoms with Crippen LogP contribution < -0.4 is 10.1 Å². The van der Waals surface area contributed by atoms with Crippen LogP contribution in [0.15, 0.2) is 60.8 Å². The third-order valence-electron chi connectivity index (χ3n) is 3.37. The largest absolute Gasteiger partial charge is 0.492 e. The lowest BCUT2D eigenvalue weighted by Gasteiger charge is -2.11. The number of fused-ring (bicyclic) bond motifs is 1. The first-order chi connectivity index (χ1) is 11.3. The minimum absolute atomic E-state index is 0.0385. The summed E-state index contributed by atoms with van der Waals surface area (Å²) in [4.78, 5) is 14.9. The summed E-state index contributed by atoms with van der Waals surface area (Å²) in [5, 5.41) is 15.0. The third kappa shape index (κ3) is 3.37. The Balaban J connectivity index is 1.76. The molecule has 1 N–H and O–H groups in total. The maximum Gasteiger partial charge on any atom is 0.311 e. The molecule has 2 aromatic carbocycles. The van der Waals surface area contributed by atoms with Crippen LogP contribution in [0.4, 0.5) is 11.4 Å². The van der Waals surface area contributed by atoms with Crippen LogP contribution in [-0.4, -0.2) is 23.1 Å². The highest BCUT2D eigenvalue weighted by Gasteiger charge is 2.17. The van der Waals surface area contributed by atoms with Crippen molar-refractivity contribution in [3.8, 4) is 5.75 Å². The summed E-state index contributed by atoms with van der Waals surface area (Å²) in [6.07, 6.45) is 1.28. The SMILES string of the molecule is O=[N+]([O-])c1cnc2ccccc2c1NCCOc1ccccc1. The molecule has 0 atom stereocenters. The van der Waals surface area contributed by atoms with Crippen molar-refractivity contribution in [1.82, 2.24) is 4.98 Å². The number of anilines is 1. The van der Waals surface area contributed by atoms with E-state index in [9.17, 15) is 10.1 Å². The van der Waals surface area contributed by atoms with E-state index < -0.39 is 4.92 Å². The van der Waals surface area contributed by atoms with Crippen molar-refractivity contribution in [2.45, 2.75) is 0 Å². The van der Waals surface area contributed by atoms with Gasteiger partial charge in [-0.1, -0.05) is 36.4 Å². The number of nitrogens with one attached hydrogen (secondary N) is 1. The molecule has 1 aromatic heterocycles. The standard InChI is InChI=1S/C17H15N3O3/c21-20(22)16-12-19-15-9-5-4-8-14(15)17(16)18-10-11-23-13-6-2-1-3-7-13/h1-9,12H,10-11H2,(H,18,19). The molecule has 3 aromatic rings. The number of pyridine rings is 1. The Kier molecular flexibility index (Phi) is 4.33. The van der Waals surface area contributed by atoms with Crippen LogP contribution in [0, 0.1) is 10.1 Å². The van der Waals surface area contributed by atoms with Gasteiger partial charge in [0.05, 0.1) is 10.4 Å². The Morgan fingerprint density at radius 2 is 1.83 bits per heavy atom. The van der Waals surface area contributed by atoms with Gasteiger partial charge in [0.1, 0.15) is 24.2 Å². The molecule has 6 heteroatoms. The molecule has 0 aliphatic heterocycles. The summed E-state index contributed by atoms with van der Waals surface area (Å²) in [7, 11) is 0. The van der Waals surface area contributed by atoms with Crippen molar-refractivity contribution in [3.63, 3.8) is 0 Å². The summed E-state index contributed by atoms with van der Waals surface area (Å²) in [6, 6.07) is 16.8. The van der Waals surface area contributed by atoms with E-state index >= 15 is 0 Å². The Bertz CT molecular complexity index is 822. The first-order valence-electron chi connectivity index (χ1n) is 7.19. The fraction of sp³-hybridized carbons (Fsp3) is 0.118. The molecule has 6 nitrogen and oxygen atoms in total. The summed E-state index contributed by atoms with van der Waals surface area (Å²) >= 11 is 0. The second-order valence-electron chi connectivity index (χ2n) is 4.88. The quantitative estimate of drug-likeness (QED) is 0.427. The van der Waals surface area contributed by atoms with E-state index in [2.05, 4.69) is 10.3 Å². The molecule has 0 bridgehead atoms. The number of benzene rings is 2. The Morgan fingerprint density at radius 1 is 1.09 bits per heavy atom. The highest BCUT2D eigenvalue weighted by Crippen LogP contribution is 2.31. The summed E-state index contributed by atoms with van der Waals surface area (Å²) < 4.78 is 5.59. The van der Waals surface area contributed by atoms with Crippen molar-refractivity contribution in [3.05, 3.63) is 70.9 Å². The zero-order valence-corrected chi connectivity index (χ0v) is 12.3. The highest BCUT2D eigenvalue weighted by molar-refractivity contribution is 5.95. The van der Waals surface area contributed by atoms with Crippen molar-refractivity contribution in [1.29, 1.82) is 0 Å². The van der Waals surface area contributed by atoms with Gasteiger partial charge >= 0.3 is 5.69 Å². The number of ether oxygens (including phenoxy) is 1. The van der Waals surface area contributed by atoms with Gasteiger partial charge in [-0.05, 0) is 18.2 Å². The molecule has 3 rings (SSSR count). The van der Waals surface area contributed by atoms with Crippen molar-refractivity contribution >= 4 is 22.3 Å². The van der Waals surface area contributed by atoms with E-state index in [4.69, 9.17) is 4.74 Å². The lowest BCUT2D eigenvalue weighted by atomic mass is 10.1. The van der Waals surface area contributed by atoms with Crippen LogP contribution in [0.2, 0.25) is 0 Å². The van der Waals surface area contributed by atoms with Gasteiger partial charge in [-0.15, -0.1) is 0 Å². The second kappa shape index (κ2) is 6.74. The van der Waals surface area contributed by atoms with Gasteiger partial charge in [0, 0.05) is 11.9 Å². The number of rotatable bonds is 6. The zero-order chi connectivity index (χ0) is 16.1. The summed E-state index contributed by atoms with van der Waals surface area (Å²) in [5.74, 6) is 0.767. The normalized spacial score (nSPS) is 10.4. The zero-order valence-electron chi connectivity index (χ0n) is 12.3. The second-order valence-corrected chi connectivity index (χ2v) is 4.88. The van der Waals surface area contributed by atoms with E-state index in [0.29, 0.717) is 24.4 Å². The molecule has 0 saturated carbocycles. The van der Waals surface area contributed by atoms with E-state index in [1.54, 1.807) is 0 Å². The number of hydrogen-bond acceptors (Lipinski definition) is 5. The average Bonchev–Trinajstić information content (AvgIpc) is 2.59. The Morgan fingerprint density at radius 3 is 2.61 bits per heavy atom. The predicted molar refractivity (Wildman–Crippen MR) is 88.8 cm³/mol. The van der Waals surface area contributed by atoms with Crippen molar-refractivity contribution < 1.29 is 9.66 Å². The molecule has 0 unspecified atom stereocenters. The number of hydrogen-bond donors (Lipinski definition) is 1. The molecule has 0 aliphatic rings. The summed E-state index contributed by atoms with van der Waals surface area (Å²) in [5.41, 5.74) is 1.14. The van der Waals surface area contributed by atoms with E-state index in [1.807, 2.05) is 54.6 Å². The first-order valence-corrected chi connectivity index (χ1v) is 7.19. The van der Waals surface area contributed by atoms with E-state index in [0.717, 1.165) is 11.1 Å². The Hall–Kier alpha value is -3.15. The monoisotopic (exact) mass is 309 g/mol. The molecular weight excluding hydrogens is 294 g/mol. The topological polar surface area (TPSA) is 77.3 Å². The van der Waals surface area contributed by atoms with Crippen LogP contribution >= 0.6 is 0 Å². The molecule has 0 saturated heterocycles.